The molecule has 0 aromatic carbocycles. The fraction of sp³-hybridized carbons (Fsp3) is 0.833. The van der Waals surface area contributed by atoms with Gasteiger partial charge in [-0.1, -0.05) is 0 Å². The molecule has 0 aliphatic rings. The summed E-state index contributed by atoms with van der Waals surface area (Å²) in [4.78, 5) is 0. The number of rotatable bonds is 12. The van der Waals surface area contributed by atoms with Crippen LogP contribution in [0.2, 0.25) is 0 Å². The zero-order valence-corrected chi connectivity index (χ0v) is 18.8. The predicted molar refractivity (Wildman–Crippen MR) is 70.4 cm³/mol. The number of hydrogen-bond acceptors (Lipinski definition) is 8. The molecule has 0 aromatic rings. The monoisotopic (exact) mass is 565 g/mol. The first kappa shape index (κ1) is 24.7. The van der Waals surface area contributed by atoms with Crippen molar-refractivity contribution in [3.63, 3.8) is 0 Å². The van der Waals surface area contributed by atoms with E-state index in [0.717, 1.165) is 0 Å². The number of hydrogen-bond donors (Lipinski definition) is 4. The first-order valence-corrected chi connectivity index (χ1v) is 6.09. The summed E-state index contributed by atoms with van der Waals surface area (Å²) in [5.41, 5.74) is 0. The van der Waals surface area contributed by atoms with Crippen molar-refractivity contribution in [3.8, 4) is 0 Å². The van der Waals surface area contributed by atoms with Gasteiger partial charge in [0.2, 0.25) is 0 Å². The van der Waals surface area contributed by atoms with E-state index in [0.29, 0.717) is 0 Å². The zero-order chi connectivity index (χ0) is 15.6. The van der Waals surface area contributed by atoms with E-state index in [1.807, 2.05) is 0 Å². The second-order valence-electron chi connectivity index (χ2n) is 3.65. The molecule has 8 nitrogen and oxygen atoms in total. The SMILES string of the molecule is [CH2-]OCC(O)COCCO.[CH2-]OCC(O)COCCO.[Rf]. The van der Waals surface area contributed by atoms with E-state index in [-0.39, 0.29) is 52.9 Å². The molecule has 4 N–H and O–H groups in total. The van der Waals surface area contributed by atoms with E-state index in [1.54, 1.807) is 0 Å². The van der Waals surface area contributed by atoms with Gasteiger partial charge in [-0.05, 0) is 0 Å². The third kappa shape index (κ3) is 24.1. The van der Waals surface area contributed by atoms with Gasteiger partial charge in [0.15, 0.2) is 0 Å². The van der Waals surface area contributed by atoms with Gasteiger partial charge < -0.3 is 39.4 Å². The minimum atomic E-state index is -0.649. The van der Waals surface area contributed by atoms with Gasteiger partial charge in [-0.25, -0.2) is 14.2 Å². The third-order valence-corrected chi connectivity index (χ3v) is 1.71. The van der Waals surface area contributed by atoms with Crippen molar-refractivity contribution in [2.24, 2.45) is 0 Å². The van der Waals surface area contributed by atoms with Crippen LogP contribution in [0.25, 0.3) is 0 Å². The summed E-state index contributed by atoms with van der Waals surface area (Å²) in [7, 11) is 6.18. The van der Waals surface area contributed by atoms with Crippen LogP contribution in [0.4, 0.5) is 0 Å². The second kappa shape index (κ2) is 21.0. The van der Waals surface area contributed by atoms with Gasteiger partial charge in [0.1, 0.15) is 0 Å². The fourth-order valence-corrected chi connectivity index (χ4v) is 0.936. The van der Waals surface area contributed by atoms with Crippen molar-refractivity contribution in [2.75, 3.05) is 52.9 Å². The summed E-state index contributed by atoms with van der Waals surface area (Å²) in [6.07, 6.45) is -1.30. The molecular formula is C12H26O8Rf-2. The van der Waals surface area contributed by atoms with Crippen LogP contribution in [0, 0.1) is 14.2 Å². The Kier molecular flexibility index (Phi) is 24.7. The molecule has 0 fully saturated rings. The van der Waals surface area contributed by atoms with E-state index in [9.17, 15) is 0 Å². The molecule has 0 heterocycles. The van der Waals surface area contributed by atoms with Crippen molar-refractivity contribution >= 4 is 0 Å². The van der Waals surface area contributed by atoms with Crippen LogP contribution in [0.5, 0.6) is 0 Å². The molecule has 0 saturated heterocycles. The number of aliphatic hydroxyl groups is 4. The summed E-state index contributed by atoms with van der Waals surface area (Å²) in [5.74, 6) is 0. The van der Waals surface area contributed by atoms with Gasteiger partial charge in [0, 0.05) is 13.2 Å². The molecule has 0 radical (unpaired) electrons. The quantitative estimate of drug-likeness (QED) is 0.164. The molecule has 0 saturated carbocycles. The van der Waals surface area contributed by atoms with Crippen molar-refractivity contribution < 1.29 is 39.4 Å². The van der Waals surface area contributed by atoms with E-state index in [1.165, 1.54) is 0 Å². The zero-order valence-electron chi connectivity index (χ0n) is 12.4. The average molecular weight is 565 g/mol. The summed E-state index contributed by atoms with van der Waals surface area (Å²) in [5, 5.41) is 34.3. The Hall–Kier alpha value is -1.32. The van der Waals surface area contributed by atoms with Crippen molar-refractivity contribution in [1.29, 1.82) is 0 Å². The average Bonchev–Trinajstić information content (AvgIpc) is 2.41. The second-order valence-corrected chi connectivity index (χ2v) is 3.65. The summed E-state index contributed by atoms with van der Waals surface area (Å²) >= 11 is 0. The Labute approximate surface area is 119 Å². The molecule has 0 rings (SSSR count). The molecule has 0 spiro atoms. The Bertz CT molecular complexity index is 157. The summed E-state index contributed by atoms with van der Waals surface area (Å²) < 4.78 is 18.4. The Balaban J connectivity index is -0.000000295. The van der Waals surface area contributed by atoms with E-state index < -0.39 is 12.2 Å². The van der Waals surface area contributed by atoms with Crippen LogP contribution >= 0.6 is 0 Å². The van der Waals surface area contributed by atoms with E-state index >= 15 is 0 Å². The van der Waals surface area contributed by atoms with Crippen LogP contribution in [-0.4, -0.2) is 85.5 Å². The predicted octanol–water partition coefficient (Wildman–Crippen LogP) is -1.67. The minimum Gasteiger partial charge on any atom is -0.553 e. The minimum absolute atomic E-state index is 0. The largest absolute Gasteiger partial charge is 0.553 e. The van der Waals surface area contributed by atoms with Crippen molar-refractivity contribution in [3.05, 3.63) is 14.2 Å². The van der Waals surface area contributed by atoms with Crippen LogP contribution in [0.15, 0.2) is 0 Å². The standard InChI is InChI=1S/2C6H13O4.Rf/c2*1-9-4-6(8)5-10-3-2-7;/h2*6-8H,1-5H2;/q2*-1;. The van der Waals surface area contributed by atoms with E-state index in [4.69, 9.17) is 29.9 Å². The topological polar surface area (TPSA) is 118 Å². The number of ether oxygens (including phenoxy) is 4. The smallest absolute Gasteiger partial charge is 0.0976 e. The molecule has 0 amide bonds. The normalized spacial score (nSPS) is 12.9. The third-order valence-electron chi connectivity index (χ3n) is 1.71. The van der Waals surface area contributed by atoms with Gasteiger partial charge in [-0.3, -0.25) is 0 Å². The molecule has 2 atom stereocenters. The van der Waals surface area contributed by atoms with Gasteiger partial charge in [0.05, 0.1) is 51.8 Å². The van der Waals surface area contributed by atoms with Crippen molar-refractivity contribution in [1.82, 2.24) is 0 Å². The summed E-state index contributed by atoms with van der Waals surface area (Å²) in [6.45, 7) is 1.10. The van der Waals surface area contributed by atoms with Crippen LogP contribution in [-0.2, 0) is 18.9 Å². The fourth-order valence-electron chi connectivity index (χ4n) is 0.936. The molecule has 21 heavy (non-hydrogen) atoms. The molecular weight excluding hydrogens is 539 g/mol. The van der Waals surface area contributed by atoms with E-state index in [2.05, 4.69) is 23.7 Å². The maximum absolute atomic E-state index is 8.90. The molecule has 0 aromatic heterocycles. The molecule has 2 unspecified atom stereocenters. The molecule has 0 aliphatic carbocycles. The van der Waals surface area contributed by atoms with Crippen LogP contribution < -0.4 is 0 Å². The first-order valence-electron chi connectivity index (χ1n) is 6.09. The Morgan fingerprint density at radius 3 is 1.29 bits per heavy atom. The van der Waals surface area contributed by atoms with Crippen LogP contribution in [0.3, 0.4) is 0 Å². The Morgan fingerprint density at radius 1 is 0.714 bits per heavy atom. The van der Waals surface area contributed by atoms with Gasteiger partial charge >= 0.3 is 0 Å². The maximum Gasteiger partial charge on any atom is 0.0976 e. The molecule has 126 valence electrons. The van der Waals surface area contributed by atoms with Gasteiger partial charge in [0.25, 0.3) is 0 Å². The molecule has 0 aliphatic heterocycles. The molecule has 0 bridgehead atoms. The van der Waals surface area contributed by atoms with Crippen LogP contribution in [0.1, 0.15) is 0 Å². The first-order chi connectivity index (χ1) is 9.62. The summed E-state index contributed by atoms with van der Waals surface area (Å²) in [6, 6.07) is 0. The van der Waals surface area contributed by atoms with Crippen molar-refractivity contribution in [2.45, 2.75) is 12.2 Å². The maximum atomic E-state index is 8.90. The molecule has 9 heteroatoms. The number of aliphatic hydroxyl groups excluding tert-OH is 4. The van der Waals surface area contributed by atoms with Gasteiger partial charge in [-0.2, -0.15) is 0 Å². The van der Waals surface area contributed by atoms with Gasteiger partial charge in [-0.15, -0.1) is 0 Å². The Morgan fingerprint density at radius 2 is 1.05 bits per heavy atom.